The minimum Gasteiger partial charge on any atom is -0.336 e. The van der Waals surface area contributed by atoms with Crippen molar-refractivity contribution in [2.24, 2.45) is 5.41 Å². The van der Waals surface area contributed by atoms with Gasteiger partial charge in [0.1, 0.15) is 0 Å². The highest BCUT2D eigenvalue weighted by Gasteiger charge is 2.60. The first kappa shape index (κ1) is 19.4. The number of hydrogen-bond acceptors (Lipinski definition) is 4. The number of piperidine rings is 1. The Morgan fingerprint density at radius 2 is 2.04 bits per heavy atom. The molecule has 1 aromatic heterocycles. The molecule has 0 aromatic carbocycles. The number of fused-ring (bicyclic) bond motifs is 1. The summed E-state index contributed by atoms with van der Waals surface area (Å²) in [6.07, 6.45) is 9.08. The molecule has 0 radical (unpaired) electrons. The fourth-order valence-electron chi connectivity index (χ4n) is 6.10. The highest BCUT2D eigenvalue weighted by molar-refractivity contribution is 5.80. The third-order valence-electron chi connectivity index (χ3n) is 7.18. The van der Waals surface area contributed by atoms with Gasteiger partial charge in [0.05, 0.1) is 12.6 Å². The summed E-state index contributed by atoms with van der Waals surface area (Å²) in [7, 11) is 1.99. The number of hydrogen-bond donors (Lipinski definition) is 0. The van der Waals surface area contributed by atoms with Crippen LogP contribution in [0.25, 0.3) is 0 Å². The van der Waals surface area contributed by atoms with Gasteiger partial charge < -0.3 is 9.80 Å². The Balaban J connectivity index is 1.51. The summed E-state index contributed by atoms with van der Waals surface area (Å²) < 4.78 is 0. The Kier molecular flexibility index (Phi) is 5.17. The Bertz CT molecular complexity index is 739. The summed E-state index contributed by atoms with van der Waals surface area (Å²) in [4.78, 5) is 36.2. The number of amides is 2. The van der Waals surface area contributed by atoms with Gasteiger partial charge in [0.25, 0.3) is 0 Å². The van der Waals surface area contributed by atoms with Gasteiger partial charge in [0.2, 0.25) is 11.8 Å². The number of nitrogens with zero attached hydrogens (tertiary/aromatic N) is 4. The minimum absolute atomic E-state index is 0.0304. The van der Waals surface area contributed by atoms with E-state index in [1.54, 1.807) is 13.1 Å². The van der Waals surface area contributed by atoms with Crippen LogP contribution in [0.2, 0.25) is 0 Å². The van der Waals surface area contributed by atoms with Crippen molar-refractivity contribution in [2.75, 3.05) is 20.1 Å². The molecule has 0 N–H and O–H groups in total. The van der Waals surface area contributed by atoms with Gasteiger partial charge >= 0.3 is 0 Å². The molecule has 2 aliphatic heterocycles. The van der Waals surface area contributed by atoms with E-state index in [9.17, 15) is 9.59 Å². The molecule has 28 heavy (non-hydrogen) atoms. The van der Waals surface area contributed by atoms with Crippen LogP contribution >= 0.6 is 0 Å². The van der Waals surface area contributed by atoms with Gasteiger partial charge in [0, 0.05) is 49.9 Å². The molecule has 4 rings (SSSR count). The number of likely N-dealkylation sites (tertiary alicyclic amines) is 2. The van der Waals surface area contributed by atoms with Gasteiger partial charge in [-0.2, -0.15) is 0 Å². The SMILES string of the molecule is CC(=O)N1[C@@H]2CN(C(=O)CN(C)Cc3cccnc3)[C@@H]3CCCC[C@H]1[C@]3(C)C2. The molecule has 6 nitrogen and oxygen atoms in total. The Hall–Kier alpha value is -1.95. The molecule has 3 aliphatic rings. The lowest BCUT2D eigenvalue weighted by Gasteiger charge is -2.46. The molecule has 2 saturated heterocycles. The average molecular weight is 385 g/mol. The fourth-order valence-corrected chi connectivity index (χ4v) is 6.10. The maximum atomic E-state index is 13.3. The number of pyridine rings is 1. The van der Waals surface area contributed by atoms with Crippen molar-refractivity contribution in [2.45, 2.75) is 70.6 Å². The zero-order chi connectivity index (χ0) is 19.9. The second-order valence-electron chi connectivity index (χ2n) is 9.19. The van der Waals surface area contributed by atoms with E-state index in [-0.39, 0.29) is 35.4 Å². The predicted molar refractivity (Wildman–Crippen MR) is 107 cm³/mol. The zero-order valence-electron chi connectivity index (χ0n) is 17.3. The molecule has 2 bridgehead atoms. The quantitative estimate of drug-likeness (QED) is 0.799. The van der Waals surface area contributed by atoms with Crippen molar-refractivity contribution < 1.29 is 9.59 Å². The van der Waals surface area contributed by atoms with Crippen molar-refractivity contribution in [3.05, 3.63) is 30.1 Å². The number of aromatic nitrogens is 1. The standard InChI is InChI=1S/C22H32N4O2/c1-16(27)26-18-11-22(2)19(8-4-5-9-20(22)26)25(14-18)21(28)15-24(3)13-17-7-6-10-23-12-17/h6-7,10,12,18-20H,4-5,8-9,11,13-15H2,1-3H3/t18-,19+,20-,22+/m0/s1. The van der Waals surface area contributed by atoms with Crippen LogP contribution in [-0.4, -0.2) is 69.8 Å². The third kappa shape index (κ3) is 3.32. The molecular formula is C22H32N4O2. The highest BCUT2D eigenvalue weighted by atomic mass is 16.2. The molecule has 4 atom stereocenters. The molecule has 2 amide bonds. The van der Waals surface area contributed by atoms with Crippen LogP contribution in [0.3, 0.4) is 0 Å². The number of carbonyl (C=O) groups is 2. The van der Waals surface area contributed by atoms with Gasteiger partial charge in [-0.05, 0) is 37.9 Å². The van der Waals surface area contributed by atoms with Gasteiger partial charge in [0.15, 0.2) is 0 Å². The molecule has 0 unspecified atom stereocenters. The Morgan fingerprint density at radius 1 is 1.29 bits per heavy atom. The number of rotatable bonds is 4. The van der Waals surface area contributed by atoms with E-state index in [0.29, 0.717) is 19.6 Å². The van der Waals surface area contributed by atoms with E-state index in [4.69, 9.17) is 0 Å². The third-order valence-corrected chi connectivity index (χ3v) is 7.18. The molecule has 3 heterocycles. The lowest BCUT2D eigenvalue weighted by molar-refractivity contribution is -0.140. The minimum atomic E-state index is 0.0304. The van der Waals surface area contributed by atoms with E-state index in [0.717, 1.165) is 37.7 Å². The van der Waals surface area contributed by atoms with Crippen LogP contribution < -0.4 is 0 Å². The van der Waals surface area contributed by atoms with Gasteiger partial charge in [-0.1, -0.05) is 25.8 Å². The lowest BCUT2D eigenvalue weighted by atomic mass is 9.71. The van der Waals surface area contributed by atoms with Crippen molar-refractivity contribution >= 4 is 11.8 Å². The van der Waals surface area contributed by atoms with Crippen LogP contribution in [0.15, 0.2) is 24.5 Å². The first-order valence-electron chi connectivity index (χ1n) is 10.6. The summed E-state index contributed by atoms with van der Waals surface area (Å²) in [5.41, 5.74) is 1.14. The van der Waals surface area contributed by atoms with Gasteiger partial charge in [-0.25, -0.2) is 0 Å². The summed E-state index contributed by atoms with van der Waals surface area (Å²) in [5.74, 6) is 0.362. The summed E-state index contributed by atoms with van der Waals surface area (Å²) in [6.45, 7) is 5.82. The van der Waals surface area contributed by atoms with Crippen LogP contribution in [0.4, 0.5) is 0 Å². The molecule has 0 spiro atoms. The second-order valence-corrected chi connectivity index (χ2v) is 9.19. The van der Waals surface area contributed by atoms with Crippen molar-refractivity contribution in [1.29, 1.82) is 0 Å². The van der Waals surface area contributed by atoms with E-state index in [1.165, 1.54) is 0 Å². The number of carbonyl (C=O) groups excluding carboxylic acids is 2. The second kappa shape index (κ2) is 7.47. The molecule has 152 valence electrons. The summed E-state index contributed by atoms with van der Waals surface area (Å²) >= 11 is 0. The lowest BCUT2D eigenvalue weighted by Crippen LogP contribution is -2.57. The normalized spacial score (nSPS) is 31.8. The van der Waals surface area contributed by atoms with Crippen molar-refractivity contribution in [3.63, 3.8) is 0 Å². The molecule has 1 aliphatic carbocycles. The largest absolute Gasteiger partial charge is 0.336 e. The average Bonchev–Trinajstić information content (AvgIpc) is 2.76. The summed E-state index contributed by atoms with van der Waals surface area (Å²) in [5, 5.41) is 0. The Labute approximate surface area is 167 Å². The zero-order valence-corrected chi connectivity index (χ0v) is 17.3. The van der Waals surface area contributed by atoms with Crippen LogP contribution in [-0.2, 0) is 16.1 Å². The first-order chi connectivity index (χ1) is 13.4. The van der Waals surface area contributed by atoms with Crippen LogP contribution in [0.1, 0.15) is 51.5 Å². The maximum absolute atomic E-state index is 13.3. The summed E-state index contributed by atoms with van der Waals surface area (Å²) in [6, 6.07) is 4.68. The maximum Gasteiger partial charge on any atom is 0.237 e. The molecule has 1 saturated carbocycles. The predicted octanol–water partition coefficient (Wildman–Crippen LogP) is 2.29. The molecule has 1 aromatic rings. The van der Waals surface area contributed by atoms with Gasteiger partial charge in [-0.15, -0.1) is 0 Å². The van der Waals surface area contributed by atoms with E-state index < -0.39 is 0 Å². The number of likely N-dealkylation sites (N-methyl/N-ethyl adjacent to an activating group) is 1. The van der Waals surface area contributed by atoms with Crippen LogP contribution in [0, 0.1) is 5.41 Å². The molecular weight excluding hydrogens is 352 g/mol. The first-order valence-corrected chi connectivity index (χ1v) is 10.6. The van der Waals surface area contributed by atoms with Crippen molar-refractivity contribution in [3.8, 4) is 0 Å². The monoisotopic (exact) mass is 384 g/mol. The molecule has 6 heteroatoms. The van der Waals surface area contributed by atoms with Crippen molar-refractivity contribution in [1.82, 2.24) is 19.7 Å². The fraction of sp³-hybridized carbons (Fsp3) is 0.682. The van der Waals surface area contributed by atoms with Crippen LogP contribution in [0.5, 0.6) is 0 Å². The van der Waals surface area contributed by atoms with E-state index in [1.807, 2.05) is 25.4 Å². The topological polar surface area (TPSA) is 56.8 Å². The smallest absolute Gasteiger partial charge is 0.237 e. The van der Waals surface area contributed by atoms with E-state index in [2.05, 4.69) is 26.6 Å². The molecule has 3 fully saturated rings. The van der Waals surface area contributed by atoms with E-state index >= 15 is 0 Å². The highest BCUT2D eigenvalue weighted by Crippen LogP contribution is 2.53. The van der Waals surface area contributed by atoms with Gasteiger partial charge in [-0.3, -0.25) is 19.5 Å². The Morgan fingerprint density at radius 3 is 2.71 bits per heavy atom.